The predicted molar refractivity (Wildman–Crippen MR) is 82.0 cm³/mol. The van der Waals surface area contributed by atoms with Crippen molar-refractivity contribution >= 4 is 11.6 Å². The lowest BCUT2D eigenvalue weighted by Crippen LogP contribution is -2.33. The molecule has 2 heterocycles. The first-order valence-electron chi connectivity index (χ1n) is 6.84. The van der Waals surface area contributed by atoms with E-state index in [2.05, 4.69) is 41.9 Å². The van der Waals surface area contributed by atoms with Crippen molar-refractivity contribution < 1.29 is 0 Å². The van der Waals surface area contributed by atoms with Crippen LogP contribution in [-0.4, -0.2) is 39.3 Å². The number of pyridine rings is 1. The zero-order valence-corrected chi connectivity index (χ0v) is 13.0. The van der Waals surface area contributed by atoms with Gasteiger partial charge in [0.2, 0.25) is 0 Å². The fourth-order valence-corrected chi connectivity index (χ4v) is 2.27. The van der Waals surface area contributed by atoms with E-state index in [9.17, 15) is 0 Å². The first kappa shape index (κ1) is 15.0. The Morgan fingerprint density at radius 1 is 1.45 bits per heavy atom. The molecule has 2 aromatic rings. The summed E-state index contributed by atoms with van der Waals surface area (Å²) in [7, 11) is 2.13. The van der Waals surface area contributed by atoms with Gasteiger partial charge in [0.05, 0.1) is 17.8 Å². The zero-order valence-electron chi connectivity index (χ0n) is 12.3. The molecule has 2 aromatic heterocycles. The number of aryl methyl sites for hydroxylation is 1. The lowest BCUT2D eigenvalue weighted by atomic mass is 10.1. The van der Waals surface area contributed by atoms with E-state index in [0.29, 0.717) is 11.1 Å². The molecule has 5 heteroatoms. The fraction of sp³-hybridized carbons (Fsp3) is 0.467. The van der Waals surface area contributed by atoms with Gasteiger partial charge in [0.15, 0.2) is 0 Å². The van der Waals surface area contributed by atoms with E-state index < -0.39 is 0 Å². The molecule has 0 N–H and O–H groups in total. The highest BCUT2D eigenvalue weighted by Gasteiger charge is 2.11. The highest BCUT2D eigenvalue weighted by Crippen LogP contribution is 2.08. The third-order valence-electron chi connectivity index (χ3n) is 3.51. The summed E-state index contributed by atoms with van der Waals surface area (Å²) in [6, 6.07) is 4.62. The van der Waals surface area contributed by atoms with Crippen LogP contribution < -0.4 is 0 Å². The van der Waals surface area contributed by atoms with Gasteiger partial charge in [-0.3, -0.25) is 9.67 Å². The van der Waals surface area contributed by atoms with Crippen LogP contribution in [0.5, 0.6) is 0 Å². The first-order chi connectivity index (χ1) is 9.54. The van der Waals surface area contributed by atoms with E-state index in [1.807, 2.05) is 23.1 Å². The van der Waals surface area contributed by atoms with Gasteiger partial charge in [0, 0.05) is 37.1 Å². The van der Waals surface area contributed by atoms with Crippen molar-refractivity contribution in [3.63, 3.8) is 0 Å². The lowest BCUT2D eigenvalue weighted by Gasteiger charge is -2.24. The number of rotatable bonds is 6. The molecule has 0 amide bonds. The van der Waals surface area contributed by atoms with Gasteiger partial charge in [-0.05, 0) is 38.6 Å². The Bertz CT molecular complexity index is 552. The number of hydrogen-bond donors (Lipinski definition) is 0. The Morgan fingerprint density at radius 3 is 2.90 bits per heavy atom. The van der Waals surface area contributed by atoms with Crippen molar-refractivity contribution in [3.05, 3.63) is 47.0 Å². The molecule has 0 radical (unpaired) electrons. The molecule has 4 nitrogen and oxygen atoms in total. The van der Waals surface area contributed by atoms with Gasteiger partial charge in [-0.2, -0.15) is 5.10 Å². The summed E-state index contributed by atoms with van der Waals surface area (Å²) in [5.41, 5.74) is 2.41. The smallest absolute Gasteiger partial charge is 0.0785 e. The van der Waals surface area contributed by atoms with Crippen molar-refractivity contribution in [3.8, 4) is 0 Å². The normalized spacial score (nSPS) is 12.8. The van der Waals surface area contributed by atoms with Gasteiger partial charge in [0.25, 0.3) is 0 Å². The van der Waals surface area contributed by atoms with Crippen LogP contribution in [0.2, 0.25) is 5.02 Å². The summed E-state index contributed by atoms with van der Waals surface area (Å²) in [5.74, 6) is 0. The Kier molecular flexibility index (Phi) is 5.15. The molecule has 20 heavy (non-hydrogen) atoms. The van der Waals surface area contributed by atoms with Gasteiger partial charge < -0.3 is 4.90 Å². The third kappa shape index (κ3) is 4.32. The summed E-state index contributed by atoms with van der Waals surface area (Å²) < 4.78 is 1.87. The number of hydrogen-bond acceptors (Lipinski definition) is 3. The van der Waals surface area contributed by atoms with Crippen molar-refractivity contribution in [2.24, 2.45) is 0 Å². The maximum absolute atomic E-state index is 5.86. The first-order valence-corrected chi connectivity index (χ1v) is 7.22. The molecule has 0 saturated heterocycles. The molecular formula is C15H21ClN4. The van der Waals surface area contributed by atoms with Gasteiger partial charge in [-0.1, -0.05) is 11.6 Å². The molecule has 2 rings (SSSR count). The maximum atomic E-state index is 5.86. The standard InChI is InChI=1S/C15H21ClN4/c1-12-4-5-17-15(8-12)9-13(2)19(3)6-7-20-11-14(16)10-18-20/h4-5,8,10-11,13H,6-7,9H2,1-3H3. The van der Waals surface area contributed by atoms with Gasteiger partial charge >= 0.3 is 0 Å². The second kappa shape index (κ2) is 6.86. The summed E-state index contributed by atoms with van der Waals surface area (Å²) in [6.45, 7) is 6.10. The highest BCUT2D eigenvalue weighted by molar-refractivity contribution is 6.30. The third-order valence-corrected chi connectivity index (χ3v) is 3.71. The molecule has 0 bridgehead atoms. The number of aromatic nitrogens is 3. The number of nitrogens with zero attached hydrogens (tertiary/aromatic N) is 4. The fourth-order valence-electron chi connectivity index (χ4n) is 2.11. The summed E-state index contributed by atoms with van der Waals surface area (Å²) in [4.78, 5) is 6.74. The van der Waals surface area contributed by atoms with Gasteiger partial charge in [0.1, 0.15) is 0 Å². The molecule has 108 valence electrons. The highest BCUT2D eigenvalue weighted by atomic mass is 35.5. The van der Waals surface area contributed by atoms with E-state index >= 15 is 0 Å². The second-order valence-electron chi connectivity index (χ2n) is 5.28. The Labute approximate surface area is 125 Å². The topological polar surface area (TPSA) is 34.0 Å². The molecule has 0 aromatic carbocycles. The quantitative estimate of drug-likeness (QED) is 0.821. The minimum Gasteiger partial charge on any atom is -0.301 e. The Morgan fingerprint density at radius 2 is 2.25 bits per heavy atom. The molecule has 0 aliphatic carbocycles. The molecule has 0 spiro atoms. The summed E-state index contributed by atoms with van der Waals surface area (Å²) >= 11 is 5.86. The molecular weight excluding hydrogens is 272 g/mol. The summed E-state index contributed by atoms with van der Waals surface area (Å²) in [5, 5.41) is 4.87. The molecule has 0 saturated carbocycles. The van der Waals surface area contributed by atoms with Crippen LogP contribution >= 0.6 is 11.6 Å². The number of likely N-dealkylation sites (N-methyl/N-ethyl adjacent to an activating group) is 1. The van der Waals surface area contributed by atoms with Crippen LogP contribution in [0.4, 0.5) is 0 Å². The van der Waals surface area contributed by atoms with Crippen LogP contribution in [0, 0.1) is 6.92 Å². The lowest BCUT2D eigenvalue weighted by molar-refractivity contribution is 0.241. The SMILES string of the molecule is Cc1ccnc(CC(C)N(C)CCn2cc(Cl)cn2)c1. The molecule has 0 aliphatic rings. The van der Waals surface area contributed by atoms with Crippen molar-refractivity contribution in [2.75, 3.05) is 13.6 Å². The zero-order chi connectivity index (χ0) is 14.5. The van der Waals surface area contributed by atoms with Crippen LogP contribution in [0.25, 0.3) is 0 Å². The largest absolute Gasteiger partial charge is 0.301 e. The second-order valence-corrected chi connectivity index (χ2v) is 5.72. The van der Waals surface area contributed by atoms with Crippen LogP contribution in [-0.2, 0) is 13.0 Å². The summed E-state index contributed by atoms with van der Waals surface area (Å²) in [6.07, 6.45) is 6.35. The molecule has 0 fully saturated rings. The number of halogens is 1. The van der Waals surface area contributed by atoms with Gasteiger partial charge in [-0.25, -0.2) is 0 Å². The molecule has 1 unspecified atom stereocenters. The minimum absolute atomic E-state index is 0.440. The van der Waals surface area contributed by atoms with Crippen LogP contribution in [0.3, 0.4) is 0 Å². The minimum atomic E-state index is 0.440. The monoisotopic (exact) mass is 292 g/mol. The van der Waals surface area contributed by atoms with Crippen LogP contribution in [0.1, 0.15) is 18.2 Å². The van der Waals surface area contributed by atoms with E-state index in [1.165, 1.54) is 5.56 Å². The van der Waals surface area contributed by atoms with Crippen molar-refractivity contribution in [1.29, 1.82) is 0 Å². The van der Waals surface area contributed by atoms with Crippen LogP contribution in [0.15, 0.2) is 30.7 Å². The average Bonchev–Trinajstić information content (AvgIpc) is 2.81. The van der Waals surface area contributed by atoms with E-state index in [-0.39, 0.29) is 0 Å². The Hall–Kier alpha value is -1.39. The van der Waals surface area contributed by atoms with E-state index in [4.69, 9.17) is 11.6 Å². The van der Waals surface area contributed by atoms with Crippen molar-refractivity contribution in [1.82, 2.24) is 19.7 Å². The predicted octanol–water partition coefficient (Wildman–Crippen LogP) is 2.80. The average molecular weight is 293 g/mol. The maximum Gasteiger partial charge on any atom is 0.0785 e. The van der Waals surface area contributed by atoms with E-state index in [0.717, 1.165) is 25.2 Å². The van der Waals surface area contributed by atoms with Gasteiger partial charge in [-0.15, -0.1) is 0 Å². The molecule has 1 atom stereocenters. The van der Waals surface area contributed by atoms with E-state index in [1.54, 1.807) is 6.20 Å². The Balaban J connectivity index is 1.84. The van der Waals surface area contributed by atoms with Crippen molar-refractivity contribution in [2.45, 2.75) is 32.9 Å². The molecule has 0 aliphatic heterocycles.